The summed E-state index contributed by atoms with van der Waals surface area (Å²) in [6, 6.07) is 12.4. The van der Waals surface area contributed by atoms with Gasteiger partial charge in [0.2, 0.25) is 0 Å². The molecule has 0 radical (unpaired) electrons. The minimum atomic E-state index is -0.526. The molecule has 1 saturated heterocycles. The predicted octanol–water partition coefficient (Wildman–Crippen LogP) is 3.35. The molecule has 2 aromatic rings. The number of amides is 1. The Morgan fingerprint density at radius 2 is 1.80 bits per heavy atom. The molecular weight excluding hydrogens is 387 g/mol. The van der Waals surface area contributed by atoms with E-state index in [4.69, 9.17) is 4.74 Å². The molecule has 0 unspecified atom stereocenters. The molecule has 3 rings (SSSR count). The van der Waals surface area contributed by atoms with E-state index >= 15 is 0 Å². The van der Waals surface area contributed by atoms with Crippen molar-refractivity contribution in [2.75, 3.05) is 26.3 Å². The number of rotatable bonds is 5. The first-order chi connectivity index (χ1) is 12.1. The second-order valence-corrected chi connectivity index (χ2v) is 6.93. The summed E-state index contributed by atoms with van der Waals surface area (Å²) in [6.45, 7) is 4.75. The topological polar surface area (TPSA) is 41.6 Å². The van der Waals surface area contributed by atoms with E-state index in [-0.39, 0.29) is 5.56 Å². The number of nitrogens with zero attached hydrogens (tertiary/aromatic N) is 1. The molecule has 0 bridgehead atoms. The van der Waals surface area contributed by atoms with Crippen LogP contribution >= 0.6 is 15.9 Å². The molecule has 132 valence electrons. The largest absolute Gasteiger partial charge is 0.379 e. The molecule has 6 heteroatoms. The Morgan fingerprint density at radius 3 is 2.52 bits per heavy atom. The third-order valence-corrected chi connectivity index (χ3v) is 4.65. The Balaban J connectivity index is 1.54. The summed E-state index contributed by atoms with van der Waals surface area (Å²) in [7, 11) is 0. The minimum absolute atomic E-state index is 0.0401. The summed E-state index contributed by atoms with van der Waals surface area (Å²) in [4.78, 5) is 14.5. The normalized spacial score (nSPS) is 15.1. The Bertz CT molecular complexity index is 731. The van der Waals surface area contributed by atoms with Gasteiger partial charge in [0, 0.05) is 30.7 Å². The number of morpholine rings is 1. The summed E-state index contributed by atoms with van der Waals surface area (Å²) in [5.41, 5.74) is 2.25. The second kappa shape index (κ2) is 8.56. The first kappa shape index (κ1) is 18.0. The van der Waals surface area contributed by atoms with Crippen LogP contribution < -0.4 is 5.32 Å². The van der Waals surface area contributed by atoms with E-state index in [0.29, 0.717) is 11.0 Å². The van der Waals surface area contributed by atoms with Gasteiger partial charge in [-0.3, -0.25) is 9.69 Å². The van der Waals surface area contributed by atoms with E-state index in [1.165, 1.54) is 17.7 Å². The molecule has 25 heavy (non-hydrogen) atoms. The van der Waals surface area contributed by atoms with Crippen molar-refractivity contribution in [3.05, 3.63) is 69.4 Å². The van der Waals surface area contributed by atoms with Crippen LogP contribution in [0.5, 0.6) is 0 Å². The van der Waals surface area contributed by atoms with Crippen LogP contribution in [0.15, 0.2) is 46.9 Å². The van der Waals surface area contributed by atoms with Gasteiger partial charge in [-0.05, 0) is 29.3 Å². The Kier molecular flexibility index (Phi) is 6.18. The number of hydrogen-bond acceptors (Lipinski definition) is 3. The van der Waals surface area contributed by atoms with Gasteiger partial charge in [0.15, 0.2) is 0 Å². The average Bonchev–Trinajstić information content (AvgIpc) is 2.64. The van der Waals surface area contributed by atoms with E-state index in [0.717, 1.165) is 38.4 Å². The van der Waals surface area contributed by atoms with Crippen molar-refractivity contribution in [2.24, 2.45) is 0 Å². The first-order valence-electron chi connectivity index (χ1n) is 8.23. The average molecular weight is 407 g/mol. The number of carbonyl (C=O) groups is 1. The van der Waals surface area contributed by atoms with E-state index in [1.807, 2.05) is 12.1 Å². The highest BCUT2D eigenvalue weighted by Gasteiger charge is 2.12. The van der Waals surface area contributed by atoms with E-state index in [1.54, 1.807) is 6.07 Å². The highest BCUT2D eigenvalue weighted by atomic mass is 79.9. The Labute approximate surface area is 155 Å². The molecule has 0 saturated carbocycles. The van der Waals surface area contributed by atoms with Crippen LogP contribution in [0.3, 0.4) is 0 Å². The van der Waals surface area contributed by atoms with Crippen molar-refractivity contribution in [1.29, 1.82) is 0 Å². The van der Waals surface area contributed by atoms with Crippen LogP contribution in [0, 0.1) is 5.82 Å². The monoisotopic (exact) mass is 406 g/mol. The summed E-state index contributed by atoms with van der Waals surface area (Å²) < 4.78 is 19.8. The van der Waals surface area contributed by atoms with Crippen molar-refractivity contribution in [2.45, 2.75) is 13.1 Å². The third kappa shape index (κ3) is 5.11. The molecule has 0 atom stereocenters. The fraction of sp³-hybridized carbons (Fsp3) is 0.316. The van der Waals surface area contributed by atoms with E-state index in [2.05, 4.69) is 38.3 Å². The Morgan fingerprint density at radius 1 is 1.12 bits per heavy atom. The standard InChI is InChI=1S/C19H20BrFN2O2/c20-16-5-6-18(21)17(11-16)19(24)22-12-14-1-3-15(4-2-14)13-23-7-9-25-10-8-23/h1-6,11H,7-10,12-13H2,(H,22,24). The molecule has 2 aromatic carbocycles. The zero-order valence-electron chi connectivity index (χ0n) is 13.8. The van der Waals surface area contributed by atoms with Crippen LogP contribution in [-0.2, 0) is 17.8 Å². The van der Waals surface area contributed by atoms with Gasteiger partial charge in [0.1, 0.15) is 5.82 Å². The van der Waals surface area contributed by atoms with Crippen molar-refractivity contribution >= 4 is 21.8 Å². The van der Waals surface area contributed by atoms with Crippen molar-refractivity contribution in [1.82, 2.24) is 10.2 Å². The molecule has 4 nitrogen and oxygen atoms in total. The quantitative estimate of drug-likeness (QED) is 0.827. The van der Waals surface area contributed by atoms with Gasteiger partial charge < -0.3 is 10.1 Å². The number of ether oxygens (including phenoxy) is 1. The highest BCUT2D eigenvalue weighted by Crippen LogP contribution is 2.16. The minimum Gasteiger partial charge on any atom is -0.379 e. The molecule has 0 aromatic heterocycles. The number of nitrogens with one attached hydrogen (secondary N) is 1. The van der Waals surface area contributed by atoms with Crippen LogP contribution in [-0.4, -0.2) is 37.1 Å². The molecule has 1 fully saturated rings. The predicted molar refractivity (Wildman–Crippen MR) is 97.8 cm³/mol. The molecule has 1 aliphatic rings. The SMILES string of the molecule is O=C(NCc1ccc(CN2CCOCC2)cc1)c1cc(Br)ccc1F. The lowest BCUT2D eigenvalue weighted by molar-refractivity contribution is 0.0342. The van der Waals surface area contributed by atoms with Gasteiger partial charge in [-0.25, -0.2) is 4.39 Å². The molecule has 1 amide bonds. The summed E-state index contributed by atoms with van der Waals surface area (Å²) >= 11 is 3.25. The second-order valence-electron chi connectivity index (χ2n) is 6.01. The summed E-state index contributed by atoms with van der Waals surface area (Å²) in [6.07, 6.45) is 0. The van der Waals surface area contributed by atoms with Crippen LogP contribution in [0.1, 0.15) is 21.5 Å². The fourth-order valence-corrected chi connectivity index (χ4v) is 3.09. The van der Waals surface area contributed by atoms with E-state index < -0.39 is 11.7 Å². The molecular formula is C19H20BrFN2O2. The van der Waals surface area contributed by atoms with Crippen molar-refractivity contribution in [3.63, 3.8) is 0 Å². The molecule has 1 heterocycles. The maximum Gasteiger partial charge on any atom is 0.254 e. The van der Waals surface area contributed by atoms with Crippen LogP contribution in [0.4, 0.5) is 4.39 Å². The zero-order chi connectivity index (χ0) is 17.6. The van der Waals surface area contributed by atoms with Gasteiger partial charge in [-0.15, -0.1) is 0 Å². The van der Waals surface area contributed by atoms with Crippen molar-refractivity contribution < 1.29 is 13.9 Å². The lowest BCUT2D eigenvalue weighted by Crippen LogP contribution is -2.35. The van der Waals surface area contributed by atoms with Crippen LogP contribution in [0.2, 0.25) is 0 Å². The number of halogens is 2. The highest BCUT2D eigenvalue weighted by molar-refractivity contribution is 9.10. The van der Waals surface area contributed by atoms with Crippen LogP contribution in [0.25, 0.3) is 0 Å². The molecule has 0 spiro atoms. The number of benzene rings is 2. The van der Waals surface area contributed by atoms with Gasteiger partial charge >= 0.3 is 0 Å². The number of carbonyl (C=O) groups excluding carboxylic acids is 1. The van der Waals surface area contributed by atoms with E-state index in [9.17, 15) is 9.18 Å². The zero-order valence-corrected chi connectivity index (χ0v) is 15.4. The maximum atomic E-state index is 13.7. The van der Waals surface area contributed by atoms with Gasteiger partial charge in [0.25, 0.3) is 5.91 Å². The third-order valence-electron chi connectivity index (χ3n) is 4.16. The first-order valence-corrected chi connectivity index (χ1v) is 9.02. The molecule has 1 N–H and O–H groups in total. The lowest BCUT2D eigenvalue weighted by atomic mass is 10.1. The van der Waals surface area contributed by atoms with Gasteiger partial charge in [0.05, 0.1) is 18.8 Å². The maximum absolute atomic E-state index is 13.7. The number of hydrogen-bond donors (Lipinski definition) is 1. The summed E-state index contributed by atoms with van der Waals surface area (Å²) in [5.74, 6) is -0.947. The summed E-state index contributed by atoms with van der Waals surface area (Å²) in [5, 5.41) is 2.76. The fourth-order valence-electron chi connectivity index (χ4n) is 2.73. The smallest absolute Gasteiger partial charge is 0.254 e. The molecule has 1 aliphatic heterocycles. The Hall–Kier alpha value is -1.76. The van der Waals surface area contributed by atoms with Gasteiger partial charge in [-0.2, -0.15) is 0 Å². The lowest BCUT2D eigenvalue weighted by Gasteiger charge is -2.26. The molecule has 0 aliphatic carbocycles. The van der Waals surface area contributed by atoms with Crippen molar-refractivity contribution in [3.8, 4) is 0 Å². The van der Waals surface area contributed by atoms with Gasteiger partial charge in [-0.1, -0.05) is 40.2 Å².